The van der Waals surface area contributed by atoms with E-state index in [-0.39, 0.29) is 5.91 Å². The molecule has 2 rings (SSSR count). The molecule has 0 spiro atoms. The summed E-state index contributed by atoms with van der Waals surface area (Å²) in [6, 6.07) is 5.03. The van der Waals surface area contributed by atoms with Crippen LogP contribution >= 0.6 is 0 Å². The van der Waals surface area contributed by atoms with Gasteiger partial charge in [-0.2, -0.15) is 0 Å². The second-order valence-electron chi connectivity index (χ2n) is 4.97. The van der Waals surface area contributed by atoms with Crippen LogP contribution in [0.3, 0.4) is 0 Å². The van der Waals surface area contributed by atoms with Crippen LogP contribution in [0, 0.1) is 0 Å². The first-order valence-corrected chi connectivity index (χ1v) is 6.77. The van der Waals surface area contributed by atoms with Crippen molar-refractivity contribution in [2.45, 2.75) is 0 Å². The van der Waals surface area contributed by atoms with E-state index in [1.807, 2.05) is 4.90 Å². The Kier molecular flexibility index (Phi) is 4.81. The summed E-state index contributed by atoms with van der Waals surface area (Å²) < 4.78 is 5.06. The van der Waals surface area contributed by atoms with Gasteiger partial charge in [0.1, 0.15) is 0 Å². The molecule has 0 bridgehead atoms. The average Bonchev–Trinajstić information content (AvgIpc) is 2.45. The summed E-state index contributed by atoms with van der Waals surface area (Å²) >= 11 is 0. The SMILES string of the molecule is COCCN1CCN(C(=O)c2ccc(N)cc2N)CC1. The number of carbonyl (C=O) groups is 1. The lowest BCUT2D eigenvalue weighted by molar-refractivity contribution is 0.0595. The number of amides is 1. The van der Waals surface area contributed by atoms with Crippen LogP contribution in [0.2, 0.25) is 0 Å². The van der Waals surface area contributed by atoms with Crippen molar-refractivity contribution in [3.05, 3.63) is 23.8 Å². The van der Waals surface area contributed by atoms with Crippen LogP contribution in [-0.2, 0) is 4.74 Å². The number of piperazine rings is 1. The van der Waals surface area contributed by atoms with Crippen molar-refractivity contribution in [1.29, 1.82) is 0 Å². The van der Waals surface area contributed by atoms with Crippen molar-refractivity contribution in [3.63, 3.8) is 0 Å². The molecule has 0 aromatic heterocycles. The first kappa shape index (κ1) is 14.6. The summed E-state index contributed by atoms with van der Waals surface area (Å²) in [7, 11) is 1.70. The predicted octanol–water partition coefficient (Wildman–Crippen LogP) is 0.255. The van der Waals surface area contributed by atoms with E-state index < -0.39 is 0 Å². The molecule has 0 saturated carbocycles. The van der Waals surface area contributed by atoms with Crippen LogP contribution < -0.4 is 11.5 Å². The number of carbonyl (C=O) groups excluding carboxylic acids is 1. The van der Waals surface area contributed by atoms with Gasteiger partial charge in [-0.15, -0.1) is 0 Å². The van der Waals surface area contributed by atoms with Gasteiger partial charge in [0, 0.05) is 51.2 Å². The zero-order chi connectivity index (χ0) is 14.5. The fourth-order valence-corrected chi connectivity index (χ4v) is 2.34. The minimum absolute atomic E-state index is 0.0195. The first-order valence-electron chi connectivity index (χ1n) is 6.77. The van der Waals surface area contributed by atoms with Crippen molar-refractivity contribution in [1.82, 2.24) is 9.80 Å². The molecule has 6 heteroatoms. The third-order valence-corrected chi connectivity index (χ3v) is 3.58. The van der Waals surface area contributed by atoms with Crippen molar-refractivity contribution >= 4 is 17.3 Å². The molecule has 0 atom stereocenters. The number of ether oxygens (including phenoxy) is 1. The number of nitrogens with zero attached hydrogens (tertiary/aromatic N) is 2. The number of anilines is 2. The van der Waals surface area contributed by atoms with Crippen LogP contribution in [0.4, 0.5) is 11.4 Å². The zero-order valence-electron chi connectivity index (χ0n) is 11.8. The summed E-state index contributed by atoms with van der Waals surface area (Å²) in [5.74, 6) is -0.0195. The number of nitrogens with two attached hydrogens (primary N) is 2. The summed E-state index contributed by atoms with van der Waals surface area (Å²) in [6.45, 7) is 4.79. The Morgan fingerprint density at radius 2 is 1.95 bits per heavy atom. The first-order chi connectivity index (χ1) is 9.61. The van der Waals surface area contributed by atoms with Crippen LogP contribution in [-0.4, -0.2) is 62.1 Å². The number of rotatable bonds is 4. The quantitative estimate of drug-likeness (QED) is 0.772. The van der Waals surface area contributed by atoms with Crippen LogP contribution in [0.1, 0.15) is 10.4 Å². The highest BCUT2D eigenvalue weighted by Crippen LogP contribution is 2.18. The van der Waals surface area contributed by atoms with Gasteiger partial charge in [0.25, 0.3) is 5.91 Å². The smallest absolute Gasteiger partial charge is 0.256 e. The molecule has 1 aliphatic rings. The Balaban J connectivity index is 1.94. The number of methoxy groups -OCH3 is 1. The van der Waals surface area contributed by atoms with Gasteiger partial charge >= 0.3 is 0 Å². The van der Waals surface area contributed by atoms with Gasteiger partial charge in [0.05, 0.1) is 12.2 Å². The van der Waals surface area contributed by atoms with Gasteiger partial charge in [0.2, 0.25) is 0 Å². The molecule has 1 amide bonds. The molecule has 0 aliphatic carbocycles. The third kappa shape index (κ3) is 3.40. The molecule has 1 aromatic carbocycles. The van der Waals surface area contributed by atoms with Crippen LogP contribution in [0.25, 0.3) is 0 Å². The fourth-order valence-electron chi connectivity index (χ4n) is 2.34. The Labute approximate surface area is 119 Å². The summed E-state index contributed by atoms with van der Waals surface area (Å²) in [5, 5.41) is 0. The Hall–Kier alpha value is -1.79. The Morgan fingerprint density at radius 3 is 2.55 bits per heavy atom. The summed E-state index contributed by atoms with van der Waals surface area (Å²) in [6.07, 6.45) is 0. The van der Waals surface area contributed by atoms with E-state index in [1.165, 1.54) is 0 Å². The lowest BCUT2D eigenvalue weighted by atomic mass is 10.1. The molecular formula is C14H22N4O2. The van der Waals surface area contributed by atoms with Gasteiger partial charge in [-0.3, -0.25) is 9.69 Å². The zero-order valence-corrected chi connectivity index (χ0v) is 11.8. The maximum Gasteiger partial charge on any atom is 0.256 e. The normalized spacial score (nSPS) is 16.4. The van der Waals surface area contributed by atoms with Crippen molar-refractivity contribution in [2.75, 3.05) is 57.9 Å². The molecule has 1 aromatic rings. The van der Waals surface area contributed by atoms with Gasteiger partial charge < -0.3 is 21.1 Å². The van der Waals surface area contributed by atoms with E-state index in [0.717, 1.165) is 26.2 Å². The lowest BCUT2D eigenvalue weighted by Crippen LogP contribution is -2.49. The number of nitrogen functional groups attached to an aromatic ring is 2. The minimum Gasteiger partial charge on any atom is -0.399 e. The molecule has 1 saturated heterocycles. The maximum absolute atomic E-state index is 12.4. The lowest BCUT2D eigenvalue weighted by Gasteiger charge is -2.34. The van der Waals surface area contributed by atoms with E-state index in [2.05, 4.69) is 4.90 Å². The molecule has 1 aliphatic heterocycles. The molecule has 20 heavy (non-hydrogen) atoms. The highest BCUT2D eigenvalue weighted by Gasteiger charge is 2.23. The van der Waals surface area contributed by atoms with Gasteiger partial charge in [-0.05, 0) is 18.2 Å². The Bertz CT molecular complexity index is 470. The largest absolute Gasteiger partial charge is 0.399 e. The van der Waals surface area contributed by atoms with E-state index in [9.17, 15) is 4.79 Å². The number of benzene rings is 1. The molecule has 4 N–H and O–H groups in total. The van der Waals surface area contributed by atoms with Crippen molar-refractivity contribution in [2.24, 2.45) is 0 Å². The molecule has 0 unspecified atom stereocenters. The van der Waals surface area contributed by atoms with E-state index in [4.69, 9.17) is 16.2 Å². The van der Waals surface area contributed by atoms with E-state index in [1.54, 1.807) is 25.3 Å². The summed E-state index contributed by atoms with van der Waals surface area (Å²) in [4.78, 5) is 16.5. The molecule has 1 fully saturated rings. The summed E-state index contributed by atoms with van der Waals surface area (Å²) in [5.41, 5.74) is 13.1. The monoisotopic (exact) mass is 278 g/mol. The predicted molar refractivity (Wildman–Crippen MR) is 79.5 cm³/mol. The van der Waals surface area contributed by atoms with Crippen LogP contribution in [0.15, 0.2) is 18.2 Å². The molecule has 0 radical (unpaired) electrons. The second-order valence-corrected chi connectivity index (χ2v) is 4.97. The third-order valence-electron chi connectivity index (χ3n) is 3.58. The standard InChI is InChI=1S/C14H22N4O2/c1-20-9-8-17-4-6-18(7-5-17)14(19)12-3-2-11(15)10-13(12)16/h2-3,10H,4-9,15-16H2,1H3. The van der Waals surface area contributed by atoms with Gasteiger partial charge in [-0.1, -0.05) is 0 Å². The van der Waals surface area contributed by atoms with Crippen molar-refractivity contribution in [3.8, 4) is 0 Å². The second kappa shape index (κ2) is 6.58. The number of hydrogen-bond acceptors (Lipinski definition) is 5. The van der Waals surface area contributed by atoms with Crippen LogP contribution in [0.5, 0.6) is 0 Å². The Morgan fingerprint density at radius 1 is 1.25 bits per heavy atom. The molecular weight excluding hydrogens is 256 g/mol. The number of hydrogen-bond donors (Lipinski definition) is 2. The molecule has 110 valence electrons. The molecule has 1 heterocycles. The average molecular weight is 278 g/mol. The van der Waals surface area contributed by atoms with E-state index in [0.29, 0.717) is 30.0 Å². The fraction of sp³-hybridized carbons (Fsp3) is 0.500. The highest BCUT2D eigenvalue weighted by atomic mass is 16.5. The van der Waals surface area contributed by atoms with Crippen molar-refractivity contribution < 1.29 is 9.53 Å². The van der Waals surface area contributed by atoms with Gasteiger partial charge in [-0.25, -0.2) is 0 Å². The highest BCUT2D eigenvalue weighted by molar-refractivity contribution is 5.99. The topological polar surface area (TPSA) is 84.8 Å². The minimum atomic E-state index is -0.0195. The van der Waals surface area contributed by atoms with E-state index >= 15 is 0 Å². The van der Waals surface area contributed by atoms with Gasteiger partial charge in [0.15, 0.2) is 0 Å². The molecule has 6 nitrogen and oxygen atoms in total. The maximum atomic E-state index is 12.4.